The minimum absolute atomic E-state index is 0.158. The summed E-state index contributed by atoms with van der Waals surface area (Å²) in [6, 6.07) is 9.85. The highest BCUT2D eigenvalue weighted by molar-refractivity contribution is 7.89. The number of amides is 1. The lowest BCUT2D eigenvalue weighted by molar-refractivity contribution is 0.0600. The predicted octanol–water partition coefficient (Wildman–Crippen LogP) is 3.81. The van der Waals surface area contributed by atoms with Crippen LogP contribution in [0.3, 0.4) is 0 Å². The SMILES string of the molecule is COC(=O)c1ccc(N2CCCC2)c(NC(=O)c2ccc(C)c(S(=O)(=O)N3CCCCC3)c2)c1. The van der Waals surface area contributed by atoms with Crippen LogP contribution in [-0.2, 0) is 14.8 Å². The number of piperidine rings is 1. The summed E-state index contributed by atoms with van der Waals surface area (Å²) in [6.45, 7) is 4.46. The van der Waals surface area contributed by atoms with Crippen LogP contribution >= 0.6 is 0 Å². The maximum Gasteiger partial charge on any atom is 0.337 e. The molecule has 0 atom stereocenters. The molecule has 1 amide bonds. The van der Waals surface area contributed by atoms with Crippen molar-refractivity contribution < 1.29 is 22.7 Å². The molecule has 2 aromatic carbocycles. The number of esters is 1. The van der Waals surface area contributed by atoms with Crippen molar-refractivity contribution in [1.29, 1.82) is 0 Å². The molecule has 34 heavy (non-hydrogen) atoms. The number of anilines is 2. The summed E-state index contributed by atoms with van der Waals surface area (Å²) >= 11 is 0. The van der Waals surface area contributed by atoms with Gasteiger partial charge in [-0.25, -0.2) is 13.2 Å². The van der Waals surface area contributed by atoms with Gasteiger partial charge in [0.1, 0.15) is 0 Å². The Morgan fingerprint density at radius 2 is 1.53 bits per heavy atom. The Kier molecular flexibility index (Phi) is 7.23. The van der Waals surface area contributed by atoms with Crippen molar-refractivity contribution in [2.75, 3.05) is 43.5 Å². The minimum Gasteiger partial charge on any atom is -0.465 e. The molecule has 0 bridgehead atoms. The number of carbonyl (C=O) groups excluding carboxylic acids is 2. The van der Waals surface area contributed by atoms with Crippen LogP contribution in [0.5, 0.6) is 0 Å². The standard InChI is InChI=1S/C25H31N3O5S/c1-18-8-9-19(17-23(18)34(31,32)28-14-4-3-5-15-28)24(29)26-21-16-20(25(30)33-2)10-11-22(21)27-12-6-7-13-27/h8-11,16-17H,3-7,12-15H2,1-2H3,(H,26,29). The molecular weight excluding hydrogens is 454 g/mol. The van der Waals surface area contributed by atoms with E-state index >= 15 is 0 Å². The zero-order chi connectivity index (χ0) is 24.3. The smallest absolute Gasteiger partial charge is 0.337 e. The summed E-state index contributed by atoms with van der Waals surface area (Å²) in [5, 5.41) is 2.90. The molecule has 0 spiro atoms. The Balaban J connectivity index is 1.65. The van der Waals surface area contributed by atoms with Gasteiger partial charge in [0.25, 0.3) is 5.91 Å². The fourth-order valence-electron chi connectivity index (χ4n) is 4.57. The molecule has 8 nitrogen and oxygen atoms in total. The van der Waals surface area contributed by atoms with Gasteiger partial charge in [-0.2, -0.15) is 4.31 Å². The lowest BCUT2D eigenvalue weighted by Gasteiger charge is -2.26. The second-order valence-corrected chi connectivity index (χ2v) is 10.7. The van der Waals surface area contributed by atoms with Crippen LogP contribution in [0.25, 0.3) is 0 Å². The van der Waals surface area contributed by atoms with Gasteiger partial charge in [0, 0.05) is 31.7 Å². The number of hydrogen-bond donors (Lipinski definition) is 1. The van der Waals surface area contributed by atoms with Gasteiger partial charge in [0.2, 0.25) is 10.0 Å². The number of methoxy groups -OCH3 is 1. The molecule has 0 saturated carbocycles. The van der Waals surface area contributed by atoms with Crippen molar-refractivity contribution >= 4 is 33.3 Å². The highest BCUT2D eigenvalue weighted by Gasteiger charge is 2.28. The molecule has 2 aliphatic heterocycles. The van der Waals surface area contributed by atoms with Gasteiger partial charge < -0.3 is 15.0 Å². The summed E-state index contributed by atoms with van der Waals surface area (Å²) in [6.07, 6.45) is 4.82. The molecule has 2 aliphatic rings. The largest absolute Gasteiger partial charge is 0.465 e. The summed E-state index contributed by atoms with van der Waals surface area (Å²) in [7, 11) is -2.37. The third kappa shape index (κ3) is 4.95. The van der Waals surface area contributed by atoms with Crippen LogP contribution in [0.4, 0.5) is 11.4 Å². The quantitative estimate of drug-likeness (QED) is 0.625. The second kappa shape index (κ2) is 10.1. The number of hydrogen-bond acceptors (Lipinski definition) is 6. The number of benzene rings is 2. The van der Waals surface area contributed by atoms with E-state index in [4.69, 9.17) is 4.74 Å². The van der Waals surface area contributed by atoms with Gasteiger partial charge in [-0.3, -0.25) is 4.79 Å². The predicted molar refractivity (Wildman–Crippen MR) is 131 cm³/mol. The van der Waals surface area contributed by atoms with E-state index in [9.17, 15) is 18.0 Å². The monoisotopic (exact) mass is 485 g/mol. The van der Waals surface area contributed by atoms with Crippen LogP contribution in [0.15, 0.2) is 41.3 Å². The summed E-state index contributed by atoms with van der Waals surface area (Å²) in [4.78, 5) is 27.6. The molecule has 2 saturated heterocycles. The molecule has 2 fully saturated rings. The topological polar surface area (TPSA) is 96.0 Å². The lowest BCUT2D eigenvalue weighted by atomic mass is 10.1. The van der Waals surface area contributed by atoms with Gasteiger partial charge in [0.05, 0.1) is 28.9 Å². The minimum atomic E-state index is -3.68. The van der Waals surface area contributed by atoms with Crippen LogP contribution in [0, 0.1) is 6.92 Å². The van der Waals surface area contributed by atoms with E-state index in [1.54, 1.807) is 31.2 Å². The fraction of sp³-hybridized carbons (Fsp3) is 0.440. The van der Waals surface area contributed by atoms with E-state index in [-0.39, 0.29) is 10.5 Å². The first kappa shape index (κ1) is 24.2. The van der Waals surface area contributed by atoms with E-state index in [1.165, 1.54) is 17.5 Å². The first-order chi connectivity index (χ1) is 16.3. The van der Waals surface area contributed by atoms with E-state index in [0.717, 1.165) is 50.9 Å². The molecular formula is C25H31N3O5S. The van der Waals surface area contributed by atoms with Gasteiger partial charge >= 0.3 is 5.97 Å². The summed E-state index contributed by atoms with van der Waals surface area (Å²) in [5.74, 6) is -0.925. The normalized spacial score (nSPS) is 16.9. The van der Waals surface area contributed by atoms with Crippen LogP contribution in [0.2, 0.25) is 0 Å². The summed E-state index contributed by atoms with van der Waals surface area (Å²) < 4.78 is 32.9. The highest BCUT2D eigenvalue weighted by Crippen LogP contribution is 2.31. The first-order valence-electron chi connectivity index (χ1n) is 11.7. The Bertz CT molecular complexity index is 1180. The number of rotatable bonds is 6. The van der Waals surface area contributed by atoms with Crippen molar-refractivity contribution in [2.24, 2.45) is 0 Å². The van der Waals surface area contributed by atoms with Crippen molar-refractivity contribution in [1.82, 2.24) is 4.31 Å². The van der Waals surface area contributed by atoms with E-state index < -0.39 is 21.9 Å². The number of sulfonamides is 1. The zero-order valence-electron chi connectivity index (χ0n) is 19.7. The van der Waals surface area contributed by atoms with Crippen LogP contribution < -0.4 is 10.2 Å². The third-order valence-corrected chi connectivity index (χ3v) is 8.54. The molecule has 2 aromatic rings. The maximum absolute atomic E-state index is 13.3. The molecule has 0 radical (unpaired) electrons. The highest BCUT2D eigenvalue weighted by atomic mass is 32.2. The van der Waals surface area contributed by atoms with E-state index in [0.29, 0.717) is 29.9 Å². The van der Waals surface area contributed by atoms with Crippen molar-refractivity contribution in [2.45, 2.75) is 43.9 Å². The van der Waals surface area contributed by atoms with Gasteiger partial charge in [-0.15, -0.1) is 0 Å². The first-order valence-corrected chi connectivity index (χ1v) is 13.1. The van der Waals surface area contributed by atoms with Crippen molar-refractivity contribution in [3.8, 4) is 0 Å². The van der Waals surface area contributed by atoms with Gasteiger partial charge in [-0.1, -0.05) is 12.5 Å². The fourth-order valence-corrected chi connectivity index (χ4v) is 6.34. The van der Waals surface area contributed by atoms with E-state index in [2.05, 4.69) is 10.2 Å². The average molecular weight is 486 g/mol. The number of aryl methyl sites for hydroxylation is 1. The Morgan fingerprint density at radius 1 is 0.882 bits per heavy atom. The molecule has 9 heteroatoms. The van der Waals surface area contributed by atoms with Crippen LogP contribution in [-0.4, -0.2) is 57.9 Å². The number of nitrogens with zero attached hydrogens (tertiary/aromatic N) is 2. The van der Waals surface area contributed by atoms with Gasteiger partial charge in [-0.05, 0) is 68.5 Å². The molecule has 4 rings (SSSR count). The molecule has 182 valence electrons. The molecule has 1 N–H and O–H groups in total. The summed E-state index contributed by atoms with van der Waals surface area (Å²) in [5.41, 5.74) is 2.50. The molecule has 2 heterocycles. The Morgan fingerprint density at radius 3 is 2.21 bits per heavy atom. The number of carbonyl (C=O) groups is 2. The zero-order valence-corrected chi connectivity index (χ0v) is 20.5. The molecule has 0 aromatic heterocycles. The lowest BCUT2D eigenvalue weighted by Crippen LogP contribution is -2.36. The average Bonchev–Trinajstić information content (AvgIpc) is 3.39. The van der Waals surface area contributed by atoms with Crippen LogP contribution in [0.1, 0.15) is 58.4 Å². The number of nitrogens with one attached hydrogen (secondary N) is 1. The molecule has 0 unspecified atom stereocenters. The molecule has 0 aliphatic carbocycles. The third-order valence-electron chi connectivity index (χ3n) is 6.50. The van der Waals surface area contributed by atoms with Crippen molar-refractivity contribution in [3.05, 3.63) is 53.1 Å². The Labute approximate surface area is 200 Å². The second-order valence-electron chi connectivity index (χ2n) is 8.82. The van der Waals surface area contributed by atoms with Crippen molar-refractivity contribution in [3.63, 3.8) is 0 Å². The van der Waals surface area contributed by atoms with Gasteiger partial charge in [0.15, 0.2) is 0 Å². The Hall–Kier alpha value is -2.91. The van der Waals surface area contributed by atoms with E-state index in [1.807, 2.05) is 6.07 Å². The number of ether oxygens (including phenoxy) is 1. The maximum atomic E-state index is 13.3.